The van der Waals surface area contributed by atoms with Crippen molar-refractivity contribution in [1.29, 1.82) is 0 Å². The number of rotatable bonds is 3. The van der Waals surface area contributed by atoms with E-state index in [0.717, 1.165) is 36.5 Å². The van der Waals surface area contributed by atoms with Gasteiger partial charge in [0.15, 0.2) is 0 Å². The number of thioether (sulfide) groups is 2. The van der Waals surface area contributed by atoms with E-state index in [1.54, 1.807) is 11.8 Å². The maximum absolute atomic E-state index is 12.3. The first-order chi connectivity index (χ1) is 8.15. The highest BCUT2D eigenvalue weighted by atomic mass is 32.2. The molecule has 5 heteroatoms. The van der Waals surface area contributed by atoms with Crippen LogP contribution in [0.15, 0.2) is 0 Å². The molecule has 2 rings (SSSR count). The van der Waals surface area contributed by atoms with Gasteiger partial charge in [0.25, 0.3) is 0 Å². The van der Waals surface area contributed by atoms with Crippen LogP contribution < -0.4 is 0 Å². The lowest BCUT2D eigenvalue weighted by molar-refractivity contribution is -0.174. The van der Waals surface area contributed by atoms with Gasteiger partial charge in [-0.25, -0.2) is 0 Å². The van der Waals surface area contributed by atoms with E-state index in [-0.39, 0.29) is 5.97 Å². The predicted octanol–water partition coefficient (Wildman–Crippen LogP) is 1.93. The summed E-state index contributed by atoms with van der Waals surface area (Å²) in [7, 11) is 0. The number of hydrogen-bond donors (Lipinski definition) is 1. The lowest BCUT2D eigenvalue weighted by atomic mass is 9.67. The second-order valence-electron chi connectivity index (χ2n) is 4.75. The summed E-state index contributed by atoms with van der Waals surface area (Å²) in [6, 6.07) is 0. The number of aliphatic hydroxyl groups is 1. The molecule has 2 saturated heterocycles. The average molecular weight is 276 g/mol. The first-order valence-electron chi connectivity index (χ1n) is 6.20. The van der Waals surface area contributed by atoms with Crippen molar-refractivity contribution in [3.8, 4) is 0 Å². The molecule has 0 bridgehead atoms. The van der Waals surface area contributed by atoms with Gasteiger partial charge in [-0.15, -0.1) is 0 Å². The van der Waals surface area contributed by atoms with Crippen LogP contribution in [0.2, 0.25) is 0 Å². The average Bonchev–Trinajstić information content (AvgIpc) is 2.79. The highest BCUT2D eigenvalue weighted by molar-refractivity contribution is 7.99. The number of esters is 1. The van der Waals surface area contributed by atoms with Gasteiger partial charge >= 0.3 is 5.97 Å². The summed E-state index contributed by atoms with van der Waals surface area (Å²) in [6.07, 6.45) is 2.24. The summed E-state index contributed by atoms with van der Waals surface area (Å²) in [5, 5.41) is 10.8. The van der Waals surface area contributed by atoms with Gasteiger partial charge < -0.3 is 9.84 Å². The van der Waals surface area contributed by atoms with Crippen molar-refractivity contribution in [1.82, 2.24) is 0 Å². The smallest absolute Gasteiger partial charge is 0.315 e. The van der Waals surface area contributed by atoms with Gasteiger partial charge in [-0.2, -0.15) is 23.5 Å². The van der Waals surface area contributed by atoms with Gasteiger partial charge in [0, 0.05) is 5.75 Å². The van der Waals surface area contributed by atoms with Crippen molar-refractivity contribution in [3.63, 3.8) is 0 Å². The van der Waals surface area contributed by atoms with Gasteiger partial charge in [-0.1, -0.05) is 0 Å². The van der Waals surface area contributed by atoms with Crippen molar-refractivity contribution >= 4 is 29.5 Å². The third kappa shape index (κ3) is 2.34. The number of ether oxygens (including phenoxy) is 1. The van der Waals surface area contributed by atoms with Crippen molar-refractivity contribution < 1.29 is 14.6 Å². The quantitative estimate of drug-likeness (QED) is 0.798. The zero-order valence-electron chi connectivity index (χ0n) is 10.2. The second kappa shape index (κ2) is 5.41. The Morgan fingerprint density at radius 1 is 1.24 bits per heavy atom. The topological polar surface area (TPSA) is 46.5 Å². The highest BCUT2D eigenvalue weighted by Crippen LogP contribution is 2.50. The van der Waals surface area contributed by atoms with Crippen molar-refractivity contribution in [2.45, 2.75) is 31.8 Å². The van der Waals surface area contributed by atoms with Crippen LogP contribution in [-0.4, -0.2) is 46.3 Å². The molecule has 0 aromatic heterocycles. The van der Waals surface area contributed by atoms with E-state index in [2.05, 4.69) is 0 Å². The summed E-state index contributed by atoms with van der Waals surface area (Å²) in [4.78, 5) is 12.3. The van der Waals surface area contributed by atoms with Gasteiger partial charge in [0.05, 0.1) is 17.6 Å². The third-order valence-electron chi connectivity index (χ3n) is 3.90. The van der Waals surface area contributed by atoms with E-state index in [9.17, 15) is 9.90 Å². The van der Waals surface area contributed by atoms with Crippen LogP contribution in [0.1, 0.15) is 26.2 Å². The van der Waals surface area contributed by atoms with E-state index >= 15 is 0 Å². The molecule has 0 saturated carbocycles. The minimum atomic E-state index is -0.842. The number of carbonyl (C=O) groups excluding carboxylic acids is 1. The Kier molecular flexibility index (Phi) is 4.31. The van der Waals surface area contributed by atoms with Crippen molar-refractivity contribution in [2.75, 3.05) is 29.6 Å². The summed E-state index contributed by atoms with van der Waals surface area (Å²) in [5.74, 6) is 3.35. The maximum Gasteiger partial charge on any atom is 0.315 e. The summed E-state index contributed by atoms with van der Waals surface area (Å²) in [5.41, 5.74) is -1.48. The molecule has 0 aliphatic carbocycles. The Morgan fingerprint density at radius 3 is 2.41 bits per heavy atom. The molecule has 0 amide bonds. The molecule has 1 atom stereocenters. The molecule has 2 aliphatic heterocycles. The first-order valence-corrected chi connectivity index (χ1v) is 8.51. The lowest BCUT2D eigenvalue weighted by Crippen LogP contribution is -2.56. The molecule has 0 radical (unpaired) electrons. The Balaban J connectivity index is 2.25. The van der Waals surface area contributed by atoms with Gasteiger partial charge in [-0.3, -0.25) is 4.79 Å². The minimum Gasteiger partial charge on any atom is -0.465 e. The summed E-state index contributed by atoms with van der Waals surface area (Å²) in [6.45, 7) is 2.23. The van der Waals surface area contributed by atoms with E-state index < -0.39 is 11.0 Å². The maximum atomic E-state index is 12.3. The molecular formula is C12H20O3S2. The molecule has 3 nitrogen and oxygen atoms in total. The summed E-state index contributed by atoms with van der Waals surface area (Å²) >= 11 is 3.61. The zero-order valence-corrected chi connectivity index (χ0v) is 11.9. The molecule has 1 unspecified atom stereocenters. The van der Waals surface area contributed by atoms with Gasteiger partial charge in [0.2, 0.25) is 0 Å². The second-order valence-corrected chi connectivity index (χ2v) is 7.08. The van der Waals surface area contributed by atoms with Crippen molar-refractivity contribution in [2.24, 2.45) is 5.41 Å². The molecule has 1 N–H and O–H groups in total. The monoisotopic (exact) mass is 276 g/mol. The molecule has 2 heterocycles. The molecule has 2 fully saturated rings. The molecule has 17 heavy (non-hydrogen) atoms. The minimum absolute atomic E-state index is 0.176. The van der Waals surface area contributed by atoms with E-state index in [1.807, 2.05) is 18.7 Å². The van der Waals surface area contributed by atoms with Crippen LogP contribution >= 0.6 is 23.5 Å². The fourth-order valence-corrected chi connectivity index (χ4v) is 5.35. The normalized spacial score (nSPS) is 32.4. The van der Waals surface area contributed by atoms with Crippen LogP contribution in [0, 0.1) is 5.41 Å². The van der Waals surface area contributed by atoms with Crippen LogP contribution in [-0.2, 0) is 9.53 Å². The van der Waals surface area contributed by atoms with E-state index in [1.165, 1.54) is 0 Å². The molecule has 2 aliphatic rings. The third-order valence-corrected chi connectivity index (χ3v) is 6.06. The fraction of sp³-hybridized carbons (Fsp3) is 0.917. The fourth-order valence-electron chi connectivity index (χ4n) is 2.78. The first kappa shape index (κ1) is 13.6. The van der Waals surface area contributed by atoms with E-state index in [0.29, 0.717) is 12.4 Å². The molecule has 0 aromatic rings. The Morgan fingerprint density at radius 2 is 1.88 bits per heavy atom. The van der Waals surface area contributed by atoms with Crippen LogP contribution in [0.25, 0.3) is 0 Å². The largest absolute Gasteiger partial charge is 0.465 e. The van der Waals surface area contributed by atoms with Gasteiger partial charge in [0.1, 0.15) is 0 Å². The molecule has 0 spiro atoms. The highest BCUT2D eigenvalue weighted by Gasteiger charge is 2.58. The summed E-state index contributed by atoms with van der Waals surface area (Å²) < 4.78 is 5.24. The molecule has 0 aromatic carbocycles. The van der Waals surface area contributed by atoms with Crippen LogP contribution in [0.4, 0.5) is 0 Å². The number of hydrogen-bond acceptors (Lipinski definition) is 5. The Hall–Kier alpha value is 0.130. The predicted molar refractivity (Wildman–Crippen MR) is 72.5 cm³/mol. The number of carbonyl (C=O) groups is 1. The SMILES string of the molecule is CCOC(=O)C1(C2(O)CCSC2)CCSCC1. The van der Waals surface area contributed by atoms with Gasteiger partial charge in [-0.05, 0) is 43.4 Å². The van der Waals surface area contributed by atoms with E-state index in [4.69, 9.17) is 4.74 Å². The lowest BCUT2D eigenvalue weighted by Gasteiger charge is -2.45. The Labute approximate surface area is 111 Å². The molecule has 98 valence electrons. The Bertz CT molecular complexity index is 281. The molecular weight excluding hydrogens is 256 g/mol. The van der Waals surface area contributed by atoms with Crippen molar-refractivity contribution in [3.05, 3.63) is 0 Å². The zero-order chi connectivity index (χ0) is 12.4. The van der Waals surface area contributed by atoms with Crippen LogP contribution in [0.3, 0.4) is 0 Å². The standard InChI is InChI=1S/C12H20O3S2/c1-2-15-10(13)11(3-6-16-7-4-11)12(14)5-8-17-9-12/h14H,2-9H2,1H3. The van der Waals surface area contributed by atoms with Crippen LogP contribution in [0.5, 0.6) is 0 Å².